The van der Waals surface area contributed by atoms with E-state index in [1.807, 2.05) is 30.3 Å². The molecule has 0 aliphatic carbocycles. The molecular weight excluding hydrogens is 404 g/mol. The van der Waals surface area contributed by atoms with Gasteiger partial charge in [-0.2, -0.15) is 0 Å². The fourth-order valence-corrected chi connectivity index (χ4v) is 2.46. The van der Waals surface area contributed by atoms with Crippen LogP contribution in [0.5, 0.6) is 0 Å². The van der Waals surface area contributed by atoms with Crippen LogP contribution in [0.4, 0.5) is 9.59 Å². The molecule has 0 saturated heterocycles. The van der Waals surface area contributed by atoms with Crippen molar-refractivity contribution < 1.29 is 33.3 Å². The predicted octanol–water partition coefficient (Wildman–Crippen LogP) is 3.17. The molecule has 174 valence electrons. The lowest BCUT2D eigenvalue weighted by Gasteiger charge is -2.23. The first-order valence-corrected chi connectivity index (χ1v) is 10.3. The monoisotopic (exact) mass is 438 g/mol. The molecule has 0 spiro atoms. The number of amides is 2. The molecule has 0 aromatic heterocycles. The number of alkyl carbamates (subject to hydrolysis) is 2. The number of carbonyl (C=O) groups excluding carboxylic acids is 3. The molecule has 0 aliphatic rings. The third-order valence-corrected chi connectivity index (χ3v) is 3.91. The molecular formula is C22H34N2O7. The Bertz CT molecular complexity index is 674. The van der Waals surface area contributed by atoms with Gasteiger partial charge in [0.25, 0.3) is 0 Å². The lowest BCUT2D eigenvalue weighted by atomic mass is 10.1. The normalized spacial score (nSPS) is 11.9. The summed E-state index contributed by atoms with van der Waals surface area (Å²) in [7, 11) is 1.50. The number of hydrogen-bond donors (Lipinski definition) is 2. The van der Waals surface area contributed by atoms with E-state index in [1.54, 1.807) is 20.8 Å². The van der Waals surface area contributed by atoms with E-state index in [4.69, 9.17) is 18.9 Å². The van der Waals surface area contributed by atoms with Crippen LogP contribution >= 0.6 is 0 Å². The van der Waals surface area contributed by atoms with Crippen molar-refractivity contribution in [3.8, 4) is 0 Å². The molecule has 0 aliphatic heterocycles. The number of ether oxygens (including phenoxy) is 4. The fraction of sp³-hybridized carbons (Fsp3) is 0.591. The van der Waals surface area contributed by atoms with E-state index >= 15 is 0 Å². The molecule has 1 rings (SSSR count). The Kier molecular flexibility index (Phi) is 12.0. The van der Waals surface area contributed by atoms with Crippen LogP contribution in [0.15, 0.2) is 30.3 Å². The highest BCUT2D eigenvalue weighted by molar-refractivity contribution is 5.81. The van der Waals surface area contributed by atoms with Crippen LogP contribution in [0.2, 0.25) is 0 Å². The summed E-state index contributed by atoms with van der Waals surface area (Å²) >= 11 is 0. The second kappa shape index (κ2) is 14.2. The maximum Gasteiger partial charge on any atom is 0.408 e. The van der Waals surface area contributed by atoms with E-state index in [9.17, 15) is 14.4 Å². The van der Waals surface area contributed by atoms with E-state index in [0.29, 0.717) is 25.8 Å². The summed E-state index contributed by atoms with van der Waals surface area (Å²) in [6.45, 7) is 6.15. The Morgan fingerprint density at radius 1 is 0.968 bits per heavy atom. The maximum absolute atomic E-state index is 12.3. The van der Waals surface area contributed by atoms with Gasteiger partial charge in [-0.25, -0.2) is 14.4 Å². The zero-order chi connectivity index (χ0) is 23.1. The predicted molar refractivity (Wildman–Crippen MR) is 114 cm³/mol. The molecule has 1 atom stereocenters. The third-order valence-electron chi connectivity index (χ3n) is 3.91. The van der Waals surface area contributed by atoms with Gasteiger partial charge < -0.3 is 29.6 Å². The number of benzene rings is 1. The second-order valence-corrected chi connectivity index (χ2v) is 7.84. The minimum absolute atomic E-state index is 0.0939. The van der Waals surface area contributed by atoms with Crippen LogP contribution in [0, 0.1) is 0 Å². The van der Waals surface area contributed by atoms with E-state index in [2.05, 4.69) is 10.6 Å². The van der Waals surface area contributed by atoms with Crippen LogP contribution in [-0.4, -0.2) is 56.7 Å². The van der Waals surface area contributed by atoms with Gasteiger partial charge in [0, 0.05) is 13.7 Å². The molecule has 2 N–H and O–H groups in total. The number of hydrogen-bond acceptors (Lipinski definition) is 7. The molecule has 0 unspecified atom stereocenters. The summed E-state index contributed by atoms with van der Waals surface area (Å²) in [6, 6.07) is 8.53. The van der Waals surface area contributed by atoms with Gasteiger partial charge in [-0.1, -0.05) is 30.3 Å². The average Bonchev–Trinajstić information content (AvgIpc) is 2.70. The Hall–Kier alpha value is -2.81. The summed E-state index contributed by atoms with van der Waals surface area (Å²) in [6.07, 6.45) is 0.304. The van der Waals surface area contributed by atoms with Gasteiger partial charge in [-0.3, -0.25) is 0 Å². The van der Waals surface area contributed by atoms with Gasteiger partial charge in [0.05, 0.1) is 6.61 Å². The highest BCUT2D eigenvalue weighted by atomic mass is 16.6. The lowest BCUT2D eigenvalue weighted by Crippen LogP contribution is -2.44. The zero-order valence-electron chi connectivity index (χ0n) is 18.8. The minimum Gasteiger partial charge on any atom is -0.462 e. The first kappa shape index (κ1) is 26.2. The van der Waals surface area contributed by atoms with Crippen LogP contribution in [0.25, 0.3) is 0 Å². The second-order valence-electron chi connectivity index (χ2n) is 7.84. The van der Waals surface area contributed by atoms with Gasteiger partial charge in [0.1, 0.15) is 24.9 Å². The molecule has 1 aromatic rings. The molecule has 0 heterocycles. The summed E-state index contributed by atoms with van der Waals surface area (Å²) in [4.78, 5) is 36.1. The van der Waals surface area contributed by atoms with Crippen LogP contribution < -0.4 is 10.6 Å². The first-order chi connectivity index (χ1) is 14.7. The van der Waals surface area contributed by atoms with Crippen molar-refractivity contribution in [1.29, 1.82) is 0 Å². The molecule has 0 fully saturated rings. The van der Waals surface area contributed by atoms with Crippen LogP contribution in [-0.2, 0) is 30.3 Å². The Morgan fingerprint density at radius 3 is 2.32 bits per heavy atom. The van der Waals surface area contributed by atoms with E-state index in [-0.39, 0.29) is 19.8 Å². The Balaban J connectivity index is 2.36. The highest BCUT2D eigenvalue weighted by Crippen LogP contribution is 2.09. The zero-order valence-corrected chi connectivity index (χ0v) is 18.8. The Labute approximate surface area is 183 Å². The average molecular weight is 439 g/mol. The van der Waals surface area contributed by atoms with Crippen molar-refractivity contribution in [2.75, 3.05) is 26.9 Å². The van der Waals surface area contributed by atoms with Gasteiger partial charge in [-0.05, 0) is 45.6 Å². The molecule has 0 saturated carbocycles. The minimum atomic E-state index is -0.850. The Morgan fingerprint density at radius 2 is 1.68 bits per heavy atom. The standard InChI is InChI=1S/C22H34N2O7/c1-22(2,3)31-21(27)24-18(19(25)29-15-14-28-4)12-8-9-13-23-20(26)30-16-17-10-6-5-7-11-17/h5-7,10-11,18H,8-9,12-16H2,1-4H3,(H,23,26)(H,24,27)/t18-/m0/s1. The SMILES string of the molecule is COCCOC(=O)[C@H](CCCCNC(=O)OCc1ccccc1)NC(=O)OC(C)(C)C. The highest BCUT2D eigenvalue weighted by Gasteiger charge is 2.25. The van der Waals surface area contributed by atoms with E-state index < -0.39 is 29.8 Å². The quantitative estimate of drug-likeness (QED) is 0.293. The van der Waals surface area contributed by atoms with Crippen molar-refractivity contribution >= 4 is 18.2 Å². The first-order valence-electron chi connectivity index (χ1n) is 10.3. The van der Waals surface area contributed by atoms with E-state index in [1.165, 1.54) is 7.11 Å². The molecule has 0 radical (unpaired) electrons. The third kappa shape index (κ3) is 13.2. The number of esters is 1. The summed E-state index contributed by atoms with van der Waals surface area (Å²) in [5.74, 6) is -0.557. The molecule has 9 heteroatoms. The number of carbonyl (C=O) groups is 3. The summed E-state index contributed by atoms with van der Waals surface area (Å²) < 4.78 is 20.3. The molecule has 9 nitrogen and oxygen atoms in total. The number of methoxy groups -OCH3 is 1. The largest absolute Gasteiger partial charge is 0.462 e. The van der Waals surface area contributed by atoms with Gasteiger partial charge in [-0.15, -0.1) is 0 Å². The van der Waals surface area contributed by atoms with Crippen molar-refractivity contribution in [3.05, 3.63) is 35.9 Å². The topological polar surface area (TPSA) is 112 Å². The fourth-order valence-electron chi connectivity index (χ4n) is 2.46. The molecule has 2 amide bonds. The number of rotatable bonds is 12. The van der Waals surface area contributed by atoms with Gasteiger partial charge in [0.15, 0.2) is 0 Å². The van der Waals surface area contributed by atoms with Crippen LogP contribution in [0.1, 0.15) is 45.6 Å². The smallest absolute Gasteiger partial charge is 0.408 e. The number of nitrogens with one attached hydrogen (secondary N) is 2. The van der Waals surface area contributed by atoms with Crippen LogP contribution in [0.3, 0.4) is 0 Å². The molecule has 31 heavy (non-hydrogen) atoms. The van der Waals surface area contributed by atoms with Gasteiger partial charge in [0.2, 0.25) is 0 Å². The number of unbranched alkanes of at least 4 members (excludes halogenated alkanes) is 1. The van der Waals surface area contributed by atoms with Crippen molar-refractivity contribution in [3.63, 3.8) is 0 Å². The van der Waals surface area contributed by atoms with E-state index in [0.717, 1.165) is 5.56 Å². The lowest BCUT2D eigenvalue weighted by molar-refractivity contribution is -0.147. The maximum atomic E-state index is 12.3. The van der Waals surface area contributed by atoms with Crippen molar-refractivity contribution in [2.24, 2.45) is 0 Å². The molecule has 1 aromatic carbocycles. The summed E-state index contributed by atoms with van der Waals surface area (Å²) in [5.41, 5.74) is 0.221. The van der Waals surface area contributed by atoms with Crippen molar-refractivity contribution in [2.45, 2.75) is 58.3 Å². The summed E-state index contributed by atoms with van der Waals surface area (Å²) in [5, 5.41) is 5.21. The molecule has 0 bridgehead atoms. The van der Waals surface area contributed by atoms with Gasteiger partial charge >= 0.3 is 18.2 Å². The van der Waals surface area contributed by atoms with Crippen molar-refractivity contribution in [1.82, 2.24) is 10.6 Å².